The van der Waals surface area contributed by atoms with Crippen molar-refractivity contribution in [1.29, 1.82) is 0 Å². The van der Waals surface area contributed by atoms with Gasteiger partial charge >= 0.3 is 58.4 Å². The van der Waals surface area contributed by atoms with Crippen LogP contribution in [-0.4, -0.2) is 12.1 Å². The van der Waals surface area contributed by atoms with Gasteiger partial charge in [0.15, 0.2) is 0 Å². The molecule has 72 valence electrons. The molecule has 0 fully saturated rings. The molecule has 0 aromatic heterocycles. The average Bonchev–Trinajstić information content (AvgIpc) is 2.03. The molecule has 14 heavy (non-hydrogen) atoms. The molecule has 1 aromatic rings. The van der Waals surface area contributed by atoms with Crippen molar-refractivity contribution >= 4 is 12.4 Å². The molecule has 0 saturated carbocycles. The summed E-state index contributed by atoms with van der Waals surface area (Å²) in [7, 11) is 0. The molecule has 0 aliphatic heterocycles. The Morgan fingerprint density at radius 3 is 1.86 bits per heavy atom. The van der Waals surface area contributed by atoms with Crippen molar-refractivity contribution in [3.8, 4) is 0 Å². The molecular weight excluding hydrogens is 219 g/mol. The largest absolute Gasteiger partial charge is 1.00 e. The molecule has 0 aliphatic carbocycles. The van der Waals surface area contributed by atoms with Crippen LogP contribution in [0.15, 0.2) is 24.3 Å². The quantitative estimate of drug-likeness (QED) is 0.630. The Labute approximate surface area is 123 Å². The molecule has 0 saturated heterocycles. The van der Waals surface area contributed by atoms with Crippen LogP contribution in [0, 0.1) is 0 Å². The van der Waals surface area contributed by atoms with Crippen molar-refractivity contribution in [2.75, 3.05) is 0 Å². The smallest absolute Gasteiger partial charge is 0.445 e. The molecule has 1 N–H and O–H groups in total. The molecule has 0 heterocycles. The summed E-state index contributed by atoms with van der Waals surface area (Å²) in [5.41, 5.74) is -0.145. The molecule has 0 radical (unpaired) electrons. The first kappa shape index (κ1) is 14.7. The Balaban J connectivity index is 0.00000169. The van der Waals surface area contributed by atoms with E-state index in [1.54, 1.807) is 0 Å². The van der Waals surface area contributed by atoms with Crippen LogP contribution in [0.25, 0.3) is 0 Å². The molecule has 1 unspecified atom stereocenters. The summed E-state index contributed by atoms with van der Waals surface area (Å²) >= 11 is 0. The zero-order valence-corrected chi connectivity index (χ0v) is 11.2. The van der Waals surface area contributed by atoms with Crippen molar-refractivity contribution in [2.45, 2.75) is 13.0 Å². The molecule has 1 aromatic carbocycles. The maximum Gasteiger partial charge on any atom is 1.00 e. The van der Waals surface area contributed by atoms with E-state index in [0.717, 1.165) is 12.1 Å². The maximum atomic E-state index is 12.1. The molecular formula is C8H9BF3KO. The number of aliphatic hydroxyl groups is 1. The third kappa shape index (κ3) is 4.04. The van der Waals surface area contributed by atoms with E-state index < -0.39 is 18.5 Å². The third-order valence-electron chi connectivity index (χ3n) is 1.80. The molecule has 0 bridgehead atoms. The van der Waals surface area contributed by atoms with Gasteiger partial charge in [-0.25, -0.2) is 0 Å². The van der Waals surface area contributed by atoms with Gasteiger partial charge in [0.1, 0.15) is 0 Å². The maximum absolute atomic E-state index is 12.1. The first-order valence-electron chi connectivity index (χ1n) is 3.89. The first-order valence-corrected chi connectivity index (χ1v) is 3.89. The minimum Gasteiger partial charge on any atom is -0.445 e. The molecule has 0 spiro atoms. The molecule has 1 atom stereocenters. The molecule has 6 heteroatoms. The van der Waals surface area contributed by atoms with Gasteiger partial charge in [-0.1, -0.05) is 24.3 Å². The summed E-state index contributed by atoms with van der Waals surface area (Å²) in [4.78, 5) is 0. The third-order valence-corrected chi connectivity index (χ3v) is 1.80. The molecule has 0 aliphatic rings. The monoisotopic (exact) mass is 228 g/mol. The van der Waals surface area contributed by atoms with E-state index in [4.69, 9.17) is 5.11 Å². The second-order valence-electron chi connectivity index (χ2n) is 2.92. The van der Waals surface area contributed by atoms with Crippen LogP contribution in [0.2, 0.25) is 0 Å². The topological polar surface area (TPSA) is 20.2 Å². The van der Waals surface area contributed by atoms with E-state index in [0.29, 0.717) is 5.56 Å². The number of benzene rings is 1. The molecule has 1 nitrogen and oxygen atoms in total. The van der Waals surface area contributed by atoms with Crippen LogP contribution in [0.5, 0.6) is 0 Å². The fourth-order valence-corrected chi connectivity index (χ4v) is 0.993. The van der Waals surface area contributed by atoms with Gasteiger partial charge in [0.05, 0.1) is 6.10 Å². The van der Waals surface area contributed by atoms with Crippen molar-refractivity contribution < 1.29 is 69.4 Å². The normalized spacial score (nSPS) is 13.2. The average molecular weight is 228 g/mol. The predicted molar refractivity (Wildman–Crippen MR) is 45.8 cm³/mol. The zero-order valence-electron chi connectivity index (χ0n) is 8.05. The van der Waals surface area contributed by atoms with E-state index in [2.05, 4.69) is 0 Å². The summed E-state index contributed by atoms with van der Waals surface area (Å²) in [5.74, 6) is 0. The second-order valence-corrected chi connectivity index (χ2v) is 2.92. The Bertz CT molecular complexity index is 284. The SMILES string of the molecule is CC(O)c1ccc([B-](F)(F)F)cc1.[K+]. The van der Waals surface area contributed by atoms with E-state index in [1.165, 1.54) is 19.1 Å². The first-order chi connectivity index (χ1) is 5.91. The summed E-state index contributed by atoms with van der Waals surface area (Å²) in [6.07, 6.45) is -0.727. The standard InChI is InChI=1S/C8H9BF3O.K/c1-6(13)7-2-4-8(5-3-7)9(10,11)12;/h2-6,13H,1H3;/q-1;+1. The van der Waals surface area contributed by atoms with Crippen LogP contribution in [0.1, 0.15) is 18.6 Å². The fraction of sp³-hybridized carbons (Fsp3) is 0.250. The number of halogens is 3. The second kappa shape index (κ2) is 5.67. The van der Waals surface area contributed by atoms with Gasteiger partial charge in [0, 0.05) is 0 Å². The summed E-state index contributed by atoms with van der Waals surface area (Å²) < 4.78 is 36.4. The van der Waals surface area contributed by atoms with Gasteiger partial charge < -0.3 is 18.1 Å². The van der Waals surface area contributed by atoms with Gasteiger partial charge in [0.2, 0.25) is 0 Å². The van der Waals surface area contributed by atoms with E-state index in [1.807, 2.05) is 0 Å². The number of aliphatic hydroxyl groups excluding tert-OH is 1. The van der Waals surface area contributed by atoms with Gasteiger partial charge in [-0.15, -0.1) is 5.46 Å². The minimum absolute atomic E-state index is 0. The van der Waals surface area contributed by atoms with Crippen LogP contribution in [-0.2, 0) is 0 Å². The number of hydrogen-bond donors (Lipinski definition) is 1. The summed E-state index contributed by atoms with van der Waals surface area (Å²) in [5, 5.41) is 9.04. The van der Waals surface area contributed by atoms with E-state index in [9.17, 15) is 12.9 Å². The fourth-order valence-electron chi connectivity index (χ4n) is 0.993. The molecule has 1 rings (SSSR count). The predicted octanol–water partition coefficient (Wildman–Crippen LogP) is -1.20. The summed E-state index contributed by atoms with van der Waals surface area (Å²) in [6, 6.07) is 4.55. The van der Waals surface area contributed by atoms with Crippen LogP contribution < -0.4 is 56.8 Å². The Morgan fingerprint density at radius 2 is 1.57 bits per heavy atom. The summed E-state index contributed by atoms with van der Waals surface area (Å²) in [6.45, 7) is -3.41. The van der Waals surface area contributed by atoms with E-state index >= 15 is 0 Å². The Hall–Kier alpha value is 0.671. The Morgan fingerprint density at radius 1 is 1.14 bits per heavy atom. The van der Waals surface area contributed by atoms with Gasteiger partial charge in [-0.05, 0) is 12.5 Å². The van der Waals surface area contributed by atoms with E-state index in [-0.39, 0.29) is 51.4 Å². The van der Waals surface area contributed by atoms with Gasteiger partial charge in [-0.2, -0.15) is 0 Å². The van der Waals surface area contributed by atoms with Crippen molar-refractivity contribution in [3.63, 3.8) is 0 Å². The van der Waals surface area contributed by atoms with Crippen LogP contribution >= 0.6 is 0 Å². The van der Waals surface area contributed by atoms with Crippen LogP contribution in [0.4, 0.5) is 12.9 Å². The molecule has 0 amide bonds. The van der Waals surface area contributed by atoms with Crippen molar-refractivity contribution in [1.82, 2.24) is 0 Å². The van der Waals surface area contributed by atoms with Gasteiger partial charge in [-0.3, -0.25) is 0 Å². The Kier molecular flexibility index (Phi) is 5.94. The number of hydrogen-bond acceptors (Lipinski definition) is 1. The number of rotatable bonds is 2. The van der Waals surface area contributed by atoms with Gasteiger partial charge in [0.25, 0.3) is 0 Å². The minimum atomic E-state index is -4.92. The van der Waals surface area contributed by atoms with Crippen molar-refractivity contribution in [3.05, 3.63) is 29.8 Å². The van der Waals surface area contributed by atoms with Crippen molar-refractivity contribution in [2.24, 2.45) is 0 Å². The van der Waals surface area contributed by atoms with Crippen LogP contribution in [0.3, 0.4) is 0 Å². The zero-order chi connectivity index (χ0) is 10.1.